The lowest BCUT2D eigenvalue weighted by Gasteiger charge is -2.33. The Morgan fingerprint density at radius 3 is 2.50 bits per heavy atom. The number of halogens is 3. The van der Waals surface area contributed by atoms with Crippen molar-refractivity contribution in [1.29, 1.82) is 0 Å². The number of hydrogen-bond acceptors (Lipinski definition) is 6. The molecule has 1 saturated carbocycles. The third-order valence-electron chi connectivity index (χ3n) is 6.09. The molecule has 0 N–H and O–H groups in total. The lowest BCUT2D eigenvalue weighted by molar-refractivity contribution is 0.00819. The highest BCUT2D eigenvalue weighted by atomic mass is 19.4. The van der Waals surface area contributed by atoms with E-state index >= 15 is 0 Å². The second kappa shape index (κ2) is 9.40. The third kappa shape index (κ3) is 4.85. The van der Waals surface area contributed by atoms with Crippen LogP contribution in [0.3, 0.4) is 0 Å². The van der Waals surface area contributed by atoms with Gasteiger partial charge in [0.05, 0.1) is 25.0 Å². The summed E-state index contributed by atoms with van der Waals surface area (Å²) in [5.74, 6) is 1.31. The Labute approximate surface area is 184 Å². The number of aryl methyl sites for hydroxylation is 3. The molecule has 3 aromatic heterocycles. The Bertz CT molecular complexity index is 1080. The largest absolute Gasteiger partial charge is 0.379 e. The summed E-state index contributed by atoms with van der Waals surface area (Å²) >= 11 is 0. The number of rotatable bonds is 3. The predicted octanol–water partition coefficient (Wildman–Crippen LogP) is 4.40. The SMILES string of the molecule is Cc1cc2c(C3CCC3)nc(N3CCOC(c4cnn(C)c4)C3)nc2nc1C.FC(F)F. The minimum atomic E-state index is -3.67. The molecule has 1 aliphatic heterocycles. The van der Waals surface area contributed by atoms with Gasteiger partial charge in [0.2, 0.25) is 5.95 Å². The summed E-state index contributed by atoms with van der Waals surface area (Å²) in [5, 5.41) is 5.40. The Morgan fingerprint density at radius 2 is 1.88 bits per heavy atom. The van der Waals surface area contributed by atoms with Gasteiger partial charge in [-0.05, 0) is 38.3 Å². The molecule has 1 saturated heterocycles. The van der Waals surface area contributed by atoms with Gasteiger partial charge < -0.3 is 9.64 Å². The highest BCUT2D eigenvalue weighted by molar-refractivity contribution is 5.80. The molecule has 0 radical (unpaired) electrons. The van der Waals surface area contributed by atoms with E-state index in [1.54, 1.807) is 0 Å². The number of aromatic nitrogens is 5. The zero-order chi connectivity index (χ0) is 22.8. The summed E-state index contributed by atoms with van der Waals surface area (Å²) in [6.45, 7) is 2.66. The molecule has 5 rings (SSSR count). The molecule has 0 amide bonds. The highest BCUT2D eigenvalue weighted by Gasteiger charge is 2.29. The van der Waals surface area contributed by atoms with Crippen molar-refractivity contribution >= 4 is 17.0 Å². The van der Waals surface area contributed by atoms with E-state index in [-0.39, 0.29) is 6.10 Å². The maximum absolute atomic E-state index is 9.67. The summed E-state index contributed by atoms with van der Waals surface area (Å²) in [5.41, 5.74) is 5.32. The van der Waals surface area contributed by atoms with E-state index in [1.807, 2.05) is 31.0 Å². The fourth-order valence-electron chi connectivity index (χ4n) is 4.03. The lowest BCUT2D eigenvalue weighted by atomic mass is 9.81. The standard InChI is InChI=1S/C21H26N6O.CHF3/c1-13-9-17-19(15-5-4-6-15)24-21(25-20(17)23-14(13)2)27-7-8-28-18(12-27)16-10-22-26(3)11-16;2-1(3)4/h9-11,15,18H,4-8,12H2,1-3H3;1H. The molecule has 1 unspecified atom stereocenters. The number of alkyl halides is 3. The molecule has 1 aliphatic carbocycles. The molecule has 10 heteroatoms. The number of morpholine rings is 1. The average Bonchev–Trinajstić information content (AvgIpc) is 3.14. The van der Waals surface area contributed by atoms with Crippen LogP contribution in [0, 0.1) is 13.8 Å². The summed E-state index contributed by atoms with van der Waals surface area (Å²) in [4.78, 5) is 16.9. The molecule has 1 atom stereocenters. The molecule has 0 spiro atoms. The fourth-order valence-corrected chi connectivity index (χ4v) is 4.03. The maximum Gasteiger partial charge on any atom is 0.379 e. The first-order chi connectivity index (χ1) is 15.3. The number of pyridine rings is 1. The van der Waals surface area contributed by atoms with E-state index in [9.17, 15) is 13.2 Å². The van der Waals surface area contributed by atoms with Crippen molar-refractivity contribution in [2.45, 2.75) is 51.8 Å². The number of ether oxygens (including phenoxy) is 1. The van der Waals surface area contributed by atoms with E-state index < -0.39 is 6.68 Å². The van der Waals surface area contributed by atoms with Crippen molar-refractivity contribution in [3.05, 3.63) is 41.0 Å². The Balaban J connectivity index is 0.000000567. The quantitative estimate of drug-likeness (QED) is 0.592. The molecule has 7 nitrogen and oxygen atoms in total. The van der Waals surface area contributed by atoms with E-state index in [2.05, 4.69) is 23.0 Å². The molecule has 0 bridgehead atoms. The second-order valence-corrected chi connectivity index (χ2v) is 8.30. The van der Waals surface area contributed by atoms with E-state index in [1.165, 1.54) is 30.5 Å². The fraction of sp³-hybridized carbons (Fsp3) is 0.545. The van der Waals surface area contributed by atoms with Gasteiger partial charge in [0.25, 0.3) is 0 Å². The minimum absolute atomic E-state index is 0.0124. The van der Waals surface area contributed by atoms with Crippen molar-refractivity contribution in [3.63, 3.8) is 0 Å². The first-order valence-corrected chi connectivity index (χ1v) is 10.7. The van der Waals surface area contributed by atoms with Crippen molar-refractivity contribution in [1.82, 2.24) is 24.7 Å². The van der Waals surface area contributed by atoms with Gasteiger partial charge in [-0.2, -0.15) is 23.3 Å². The van der Waals surface area contributed by atoms with Gasteiger partial charge in [0.15, 0.2) is 5.65 Å². The molecule has 0 aromatic carbocycles. The van der Waals surface area contributed by atoms with E-state index in [4.69, 9.17) is 19.7 Å². The van der Waals surface area contributed by atoms with Crippen LogP contribution in [0.25, 0.3) is 11.0 Å². The first-order valence-electron chi connectivity index (χ1n) is 10.7. The van der Waals surface area contributed by atoms with Crippen LogP contribution in [-0.2, 0) is 11.8 Å². The monoisotopic (exact) mass is 448 g/mol. The van der Waals surface area contributed by atoms with Crippen molar-refractivity contribution in [2.75, 3.05) is 24.6 Å². The van der Waals surface area contributed by atoms with Gasteiger partial charge in [-0.25, -0.2) is 9.97 Å². The van der Waals surface area contributed by atoms with Gasteiger partial charge in [-0.3, -0.25) is 4.68 Å². The zero-order valence-corrected chi connectivity index (χ0v) is 18.4. The van der Waals surface area contributed by atoms with Crippen LogP contribution in [0.15, 0.2) is 18.5 Å². The zero-order valence-electron chi connectivity index (χ0n) is 18.4. The smallest absolute Gasteiger partial charge is 0.370 e. The second-order valence-electron chi connectivity index (χ2n) is 8.30. The third-order valence-corrected chi connectivity index (χ3v) is 6.09. The Morgan fingerprint density at radius 1 is 1.12 bits per heavy atom. The van der Waals surface area contributed by atoms with Crippen LogP contribution in [-0.4, -0.2) is 51.1 Å². The Kier molecular flexibility index (Phi) is 6.59. The Hall–Kier alpha value is -2.75. The van der Waals surface area contributed by atoms with E-state index in [0.29, 0.717) is 12.5 Å². The van der Waals surface area contributed by atoms with Crippen LogP contribution < -0.4 is 4.90 Å². The summed E-state index contributed by atoms with van der Waals surface area (Å²) < 4.78 is 36.8. The predicted molar refractivity (Wildman–Crippen MR) is 115 cm³/mol. The lowest BCUT2D eigenvalue weighted by Crippen LogP contribution is -2.39. The van der Waals surface area contributed by atoms with Crippen molar-refractivity contribution in [2.24, 2.45) is 7.05 Å². The molecular formula is C22H27F3N6O. The highest BCUT2D eigenvalue weighted by Crippen LogP contribution is 2.39. The van der Waals surface area contributed by atoms with Crippen LogP contribution in [0.2, 0.25) is 0 Å². The normalized spacial score (nSPS) is 19.1. The molecular weight excluding hydrogens is 421 g/mol. The van der Waals surface area contributed by atoms with Crippen molar-refractivity contribution in [3.8, 4) is 0 Å². The molecule has 4 heterocycles. The van der Waals surface area contributed by atoms with Crippen LogP contribution in [0.5, 0.6) is 0 Å². The number of hydrogen-bond donors (Lipinski definition) is 0. The van der Waals surface area contributed by atoms with Gasteiger partial charge >= 0.3 is 6.68 Å². The van der Waals surface area contributed by atoms with Crippen LogP contribution in [0.4, 0.5) is 19.1 Å². The number of anilines is 1. The van der Waals surface area contributed by atoms with Gasteiger partial charge in [-0.1, -0.05) is 6.42 Å². The van der Waals surface area contributed by atoms with Crippen LogP contribution >= 0.6 is 0 Å². The van der Waals surface area contributed by atoms with Crippen LogP contribution in [0.1, 0.15) is 53.8 Å². The molecule has 32 heavy (non-hydrogen) atoms. The molecule has 2 aliphatic rings. The minimum Gasteiger partial charge on any atom is -0.370 e. The van der Waals surface area contributed by atoms with Crippen molar-refractivity contribution < 1.29 is 17.9 Å². The average molecular weight is 448 g/mol. The summed E-state index contributed by atoms with van der Waals surface area (Å²) in [7, 11) is 1.93. The number of fused-ring (bicyclic) bond motifs is 1. The first kappa shape index (κ1) is 22.4. The van der Waals surface area contributed by atoms with Gasteiger partial charge in [0, 0.05) is 42.4 Å². The summed E-state index contributed by atoms with van der Waals surface area (Å²) in [6, 6.07) is 2.22. The topological polar surface area (TPSA) is 69.0 Å². The molecule has 3 aromatic rings. The summed E-state index contributed by atoms with van der Waals surface area (Å²) in [6.07, 6.45) is 7.58. The van der Waals surface area contributed by atoms with Gasteiger partial charge in [0.1, 0.15) is 6.10 Å². The van der Waals surface area contributed by atoms with Gasteiger partial charge in [-0.15, -0.1) is 0 Å². The maximum atomic E-state index is 9.67. The molecule has 2 fully saturated rings. The number of nitrogens with zero attached hydrogens (tertiary/aromatic N) is 6. The molecule has 172 valence electrons. The van der Waals surface area contributed by atoms with E-state index in [0.717, 1.165) is 41.3 Å².